The van der Waals surface area contributed by atoms with Crippen molar-refractivity contribution in [3.8, 4) is 0 Å². The van der Waals surface area contributed by atoms with E-state index >= 15 is 0 Å². The smallest absolute Gasteiger partial charge is 0.251 e. The first-order valence-corrected chi connectivity index (χ1v) is 9.74. The number of amides is 1. The van der Waals surface area contributed by atoms with Crippen molar-refractivity contribution >= 4 is 23.6 Å². The Hall–Kier alpha value is -2.43. The average molecular weight is 368 g/mol. The summed E-state index contributed by atoms with van der Waals surface area (Å²) in [4.78, 5) is 29.1. The van der Waals surface area contributed by atoms with Crippen LogP contribution in [0.1, 0.15) is 69.2 Å². The molecule has 2 aliphatic rings. The molecule has 0 spiro atoms. The van der Waals surface area contributed by atoms with Crippen molar-refractivity contribution in [2.75, 3.05) is 0 Å². The molecular weight excluding hydrogens is 340 g/mol. The topological polar surface area (TPSA) is 78.8 Å². The number of hydrogen-bond acceptors (Lipinski definition) is 4. The third kappa shape index (κ3) is 5.06. The Kier molecular flexibility index (Phi) is 5.78. The Morgan fingerprint density at radius 3 is 2.67 bits per heavy atom. The van der Waals surface area contributed by atoms with Gasteiger partial charge in [-0.1, -0.05) is 39.2 Å². The highest BCUT2D eigenvalue weighted by Crippen LogP contribution is 2.35. The van der Waals surface area contributed by atoms with E-state index in [4.69, 9.17) is 0 Å². The highest BCUT2D eigenvalue weighted by atomic mass is 16.3. The van der Waals surface area contributed by atoms with Crippen molar-refractivity contribution in [2.24, 2.45) is 10.4 Å². The van der Waals surface area contributed by atoms with Crippen LogP contribution in [0, 0.1) is 5.41 Å². The second kappa shape index (κ2) is 8.07. The normalized spacial score (nSPS) is 20.9. The van der Waals surface area contributed by atoms with Crippen molar-refractivity contribution in [3.05, 3.63) is 41.2 Å². The fraction of sp³-hybridized carbons (Fsp3) is 0.500. The van der Waals surface area contributed by atoms with Crippen LogP contribution in [0.25, 0.3) is 0 Å². The third-order valence-corrected chi connectivity index (χ3v) is 5.29. The van der Waals surface area contributed by atoms with Gasteiger partial charge in [0.05, 0.1) is 11.3 Å². The number of nitrogens with one attached hydrogen (secondary N) is 1. The average Bonchev–Trinajstić information content (AvgIpc) is 2.61. The zero-order valence-electron chi connectivity index (χ0n) is 16.1. The minimum atomic E-state index is -0.227. The molecule has 0 heterocycles. The van der Waals surface area contributed by atoms with Crippen molar-refractivity contribution in [3.63, 3.8) is 0 Å². The first kappa shape index (κ1) is 19.3. The predicted molar refractivity (Wildman–Crippen MR) is 107 cm³/mol. The molecule has 1 saturated carbocycles. The number of rotatable bonds is 4. The number of Topliss-reactive ketones (excluding diaryl/α,β-unsaturated/α-hetero) is 1. The molecule has 0 bridgehead atoms. The SMILES string of the molecule is CC1(C)CC(=O)C(C=Nc2cccc(C(=O)NC3CCCCC3)c2)=C(O)C1. The maximum absolute atomic E-state index is 12.5. The monoisotopic (exact) mass is 368 g/mol. The predicted octanol–water partition coefficient (Wildman–Crippen LogP) is 4.65. The van der Waals surface area contributed by atoms with Gasteiger partial charge in [0.1, 0.15) is 5.76 Å². The molecule has 2 aliphatic carbocycles. The van der Waals surface area contributed by atoms with Gasteiger partial charge in [-0.3, -0.25) is 14.6 Å². The summed E-state index contributed by atoms with van der Waals surface area (Å²) in [5.74, 6) is -0.0959. The third-order valence-electron chi connectivity index (χ3n) is 5.29. The molecule has 3 rings (SSSR count). The van der Waals surface area contributed by atoms with Gasteiger partial charge in [-0.2, -0.15) is 0 Å². The Labute approximate surface area is 160 Å². The summed E-state index contributed by atoms with van der Waals surface area (Å²) in [7, 11) is 0. The molecule has 1 aromatic carbocycles. The van der Waals surface area contributed by atoms with Crippen LogP contribution in [0.2, 0.25) is 0 Å². The van der Waals surface area contributed by atoms with Crippen LogP contribution in [-0.2, 0) is 4.79 Å². The van der Waals surface area contributed by atoms with E-state index in [1.54, 1.807) is 24.3 Å². The zero-order chi connectivity index (χ0) is 19.4. The molecule has 0 aromatic heterocycles. The Balaban J connectivity index is 1.71. The molecule has 1 aromatic rings. The van der Waals surface area contributed by atoms with Crippen LogP contribution in [0.15, 0.2) is 40.6 Å². The van der Waals surface area contributed by atoms with Crippen LogP contribution >= 0.6 is 0 Å². The van der Waals surface area contributed by atoms with E-state index in [1.807, 2.05) is 13.8 Å². The van der Waals surface area contributed by atoms with Gasteiger partial charge >= 0.3 is 0 Å². The van der Waals surface area contributed by atoms with Crippen molar-refractivity contribution < 1.29 is 14.7 Å². The first-order valence-electron chi connectivity index (χ1n) is 9.74. The minimum absolute atomic E-state index is 0.0866. The van der Waals surface area contributed by atoms with Gasteiger partial charge < -0.3 is 10.4 Å². The standard InChI is InChI=1S/C22H28N2O3/c1-22(2)12-19(25)18(20(26)13-22)14-23-17-10-6-7-15(11-17)21(27)24-16-8-4-3-5-9-16/h6-7,10-11,14,16,25H,3-5,8-9,12-13H2,1-2H3,(H,24,27). The summed E-state index contributed by atoms with van der Waals surface area (Å²) in [6.45, 7) is 3.92. The van der Waals surface area contributed by atoms with Gasteiger partial charge in [0, 0.05) is 30.7 Å². The molecule has 1 fully saturated rings. The molecular formula is C22H28N2O3. The van der Waals surface area contributed by atoms with E-state index in [1.165, 1.54) is 25.5 Å². The summed E-state index contributed by atoms with van der Waals surface area (Å²) in [6.07, 6.45) is 7.93. The molecule has 27 heavy (non-hydrogen) atoms. The van der Waals surface area contributed by atoms with Crippen LogP contribution in [0.4, 0.5) is 5.69 Å². The lowest BCUT2D eigenvalue weighted by atomic mass is 9.77. The molecule has 0 aliphatic heterocycles. The van der Waals surface area contributed by atoms with Gasteiger partial charge in [0.25, 0.3) is 5.91 Å². The van der Waals surface area contributed by atoms with Crippen LogP contribution < -0.4 is 5.32 Å². The lowest BCUT2D eigenvalue weighted by Crippen LogP contribution is -2.36. The van der Waals surface area contributed by atoms with E-state index in [0.717, 1.165) is 12.8 Å². The number of benzene rings is 1. The molecule has 2 N–H and O–H groups in total. The molecule has 0 saturated heterocycles. The number of allylic oxidation sites excluding steroid dienone is 2. The van der Waals surface area contributed by atoms with Crippen LogP contribution in [-0.4, -0.2) is 29.1 Å². The van der Waals surface area contributed by atoms with Gasteiger partial charge in [0.15, 0.2) is 5.78 Å². The zero-order valence-corrected chi connectivity index (χ0v) is 16.1. The summed E-state index contributed by atoms with van der Waals surface area (Å²) >= 11 is 0. The molecule has 1 amide bonds. The van der Waals surface area contributed by atoms with Crippen molar-refractivity contribution in [2.45, 2.75) is 64.8 Å². The summed E-state index contributed by atoms with van der Waals surface area (Å²) in [5.41, 5.74) is 1.19. The number of carbonyl (C=O) groups is 2. The lowest BCUT2D eigenvalue weighted by molar-refractivity contribution is -0.117. The van der Waals surface area contributed by atoms with E-state index in [9.17, 15) is 14.7 Å². The van der Waals surface area contributed by atoms with E-state index in [0.29, 0.717) is 24.1 Å². The van der Waals surface area contributed by atoms with E-state index in [-0.39, 0.29) is 34.5 Å². The molecule has 144 valence electrons. The van der Waals surface area contributed by atoms with Crippen molar-refractivity contribution in [1.29, 1.82) is 0 Å². The number of nitrogens with zero attached hydrogens (tertiary/aromatic N) is 1. The van der Waals surface area contributed by atoms with Crippen LogP contribution in [0.5, 0.6) is 0 Å². The van der Waals surface area contributed by atoms with Crippen molar-refractivity contribution in [1.82, 2.24) is 5.32 Å². The molecule has 0 radical (unpaired) electrons. The number of hydrogen-bond donors (Lipinski definition) is 2. The quantitative estimate of drug-likeness (QED) is 0.759. The number of aliphatic hydroxyl groups excluding tert-OH is 1. The summed E-state index contributed by atoms with van der Waals surface area (Å²) in [5, 5.41) is 13.3. The number of carbonyl (C=O) groups excluding carboxylic acids is 2. The fourth-order valence-electron chi connectivity index (χ4n) is 3.83. The maximum atomic E-state index is 12.5. The summed E-state index contributed by atoms with van der Waals surface area (Å²) in [6, 6.07) is 7.29. The number of aliphatic hydroxyl groups is 1. The Morgan fingerprint density at radius 2 is 1.96 bits per heavy atom. The van der Waals surface area contributed by atoms with Crippen LogP contribution in [0.3, 0.4) is 0 Å². The molecule has 5 nitrogen and oxygen atoms in total. The highest BCUT2D eigenvalue weighted by Gasteiger charge is 2.32. The number of aliphatic imine (C=N–C) groups is 1. The second-order valence-corrected chi connectivity index (χ2v) is 8.42. The van der Waals surface area contributed by atoms with Gasteiger partial charge in [-0.05, 0) is 36.5 Å². The highest BCUT2D eigenvalue weighted by molar-refractivity contribution is 6.15. The largest absolute Gasteiger partial charge is 0.511 e. The molecule has 0 unspecified atom stereocenters. The minimum Gasteiger partial charge on any atom is -0.511 e. The van der Waals surface area contributed by atoms with Gasteiger partial charge in [-0.15, -0.1) is 0 Å². The second-order valence-electron chi connectivity index (χ2n) is 8.42. The number of ketones is 1. The van der Waals surface area contributed by atoms with Gasteiger partial charge in [0.2, 0.25) is 0 Å². The first-order chi connectivity index (χ1) is 12.8. The summed E-state index contributed by atoms with van der Waals surface area (Å²) < 4.78 is 0. The fourth-order valence-corrected chi connectivity index (χ4v) is 3.83. The molecule has 0 atom stereocenters. The van der Waals surface area contributed by atoms with E-state index in [2.05, 4.69) is 10.3 Å². The van der Waals surface area contributed by atoms with Gasteiger partial charge in [-0.25, -0.2) is 0 Å². The lowest BCUT2D eigenvalue weighted by Gasteiger charge is -2.28. The van der Waals surface area contributed by atoms with E-state index < -0.39 is 0 Å². The maximum Gasteiger partial charge on any atom is 0.251 e. The Bertz CT molecular complexity index is 787. The molecule has 5 heteroatoms. The Morgan fingerprint density at radius 1 is 1.22 bits per heavy atom.